The van der Waals surface area contributed by atoms with Gasteiger partial charge in [0.15, 0.2) is 0 Å². The van der Waals surface area contributed by atoms with E-state index in [-0.39, 0.29) is 17.9 Å². The van der Waals surface area contributed by atoms with Crippen molar-refractivity contribution >= 4 is 5.91 Å². The van der Waals surface area contributed by atoms with Crippen LogP contribution in [0.2, 0.25) is 0 Å². The molecule has 0 aliphatic rings. The van der Waals surface area contributed by atoms with Gasteiger partial charge in [0.2, 0.25) is 5.91 Å². The number of nitrogens with two attached hydrogens (primary N) is 1. The first kappa shape index (κ1) is 17.7. The van der Waals surface area contributed by atoms with Crippen LogP contribution in [0.5, 0.6) is 0 Å². The number of carbonyl (C=O) groups is 1. The fraction of sp³-hybridized carbons (Fsp3) is 0.611. The number of rotatable bonds is 9. The van der Waals surface area contributed by atoms with Gasteiger partial charge < -0.3 is 11.1 Å². The van der Waals surface area contributed by atoms with E-state index in [0.717, 1.165) is 19.3 Å². The zero-order valence-electron chi connectivity index (χ0n) is 13.6. The average molecular weight is 290 g/mol. The van der Waals surface area contributed by atoms with E-state index in [2.05, 4.69) is 38.2 Å². The Morgan fingerprint density at radius 1 is 1.24 bits per heavy atom. The van der Waals surface area contributed by atoms with Gasteiger partial charge in [0.1, 0.15) is 0 Å². The summed E-state index contributed by atoms with van der Waals surface area (Å²) >= 11 is 0. The van der Waals surface area contributed by atoms with Gasteiger partial charge in [-0.25, -0.2) is 0 Å². The van der Waals surface area contributed by atoms with Gasteiger partial charge in [-0.2, -0.15) is 0 Å². The predicted octanol–water partition coefficient (Wildman–Crippen LogP) is 3.66. The molecule has 3 heteroatoms. The summed E-state index contributed by atoms with van der Waals surface area (Å²) in [5.74, 6) is 0.975. The van der Waals surface area contributed by atoms with Crippen LogP contribution in [0.1, 0.15) is 58.1 Å². The van der Waals surface area contributed by atoms with Crippen molar-refractivity contribution in [1.29, 1.82) is 0 Å². The molecule has 0 saturated carbocycles. The molecule has 21 heavy (non-hydrogen) atoms. The monoisotopic (exact) mass is 290 g/mol. The zero-order chi connectivity index (χ0) is 15.7. The lowest BCUT2D eigenvalue weighted by molar-refractivity contribution is -0.122. The molecular weight excluding hydrogens is 260 g/mol. The summed E-state index contributed by atoms with van der Waals surface area (Å²) in [5.41, 5.74) is 6.97. The van der Waals surface area contributed by atoms with Crippen molar-refractivity contribution in [3.8, 4) is 0 Å². The van der Waals surface area contributed by atoms with Crippen molar-refractivity contribution in [3.63, 3.8) is 0 Å². The predicted molar refractivity (Wildman–Crippen MR) is 88.9 cm³/mol. The van der Waals surface area contributed by atoms with Gasteiger partial charge in [-0.1, -0.05) is 57.5 Å². The third-order valence-corrected chi connectivity index (χ3v) is 3.73. The smallest absolute Gasteiger partial charge is 0.220 e. The molecule has 0 aliphatic carbocycles. The Kier molecular flexibility index (Phi) is 8.06. The Bertz CT molecular complexity index is 403. The van der Waals surface area contributed by atoms with E-state index in [1.807, 2.05) is 18.2 Å². The molecule has 0 fully saturated rings. The zero-order valence-corrected chi connectivity index (χ0v) is 13.6. The summed E-state index contributed by atoms with van der Waals surface area (Å²) in [6.07, 6.45) is 3.55. The van der Waals surface area contributed by atoms with E-state index >= 15 is 0 Å². The summed E-state index contributed by atoms with van der Waals surface area (Å²) in [6.45, 7) is 7.06. The van der Waals surface area contributed by atoms with Crippen LogP contribution in [0.15, 0.2) is 30.3 Å². The molecule has 2 unspecified atom stereocenters. The lowest BCUT2D eigenvalue weighted by atomic mass is 9.93. The number of nitrogens with one attached hydrogen (secondary N) is 1. The fourth-order valence-corrected chi connectivity index (χ4v) is 2.74. The molecule has 1 amide bonds. The van der Waals surface area contributed by atoms with Gasteiger partial charge in [-0.3, -0.25) is 4.79 Å². The normalized spacial score (nSPS) is 14.0. The van der Waals surface area contributed by atoms with Crippen molar-refractivity contribution < 1.29 is 4.79 Å². The largest absolute Gasteiger partial charge is 0.349 e. The van der Waals surface area contributed by atoms with Crippen LogP contribution in [-0.4, -0.2) is 12.5 Å². The molecule has 0 saturated heterocycles. The molecule has 1 aromatic carbocycles. The highest BCUT2D eigenvalue weighted by Gasteiger charge is 2.17. The maximum absolute atomic E-state index is 12.3. The van der Waals surface area contributed by atoms with Crippen LogP contribution >= 0.6 is 0 Å². The second kappa shape index (κ2) is 9.56. The van der Waals surface area contributed by atoms with E-state index in [9.17, 15) is 4.79 Å². The van der Waals surface area contributed by atoms with Crippen LogP contribution in [0, 0.1) is 11.8 Å². The fourth-order valence-electron chi connectivity index (χ4n) is 2.74. The van der Waals surface area contributed by atoms with Crippen molar-refractivity contribution in [2.75, 3.05) is 6.54 Å². The van der Waals surface area contributed by atoms with Crippen molar-refractivity contribution in [2.45, 2.75) is 52.5 Å². The number of amides is 1. The Hall–Kier alpha value is -1.35. The summed E-state index contributed by atoms with van der Waals surface area (Å²) < 4.78 is 0. The van der Waals surface area contributed by atoms with E-state index in [1.165, 1.54) is 5.56 Å². The highest BCUT2D eigenvalue weighted by molar-refractivity contribution is 5.76. The van der Waals surface area contributed by atoms with Crippen LogP contribution in [-0.2, 0) is 4.79 Å². The molecular formula is C18H30N2O. The van der Waals surface area contributed by atoms with E-state index in [0.29, 0.717) is 18.9 Å². The Balaban J connectivity index is 2.60. The lowest BCUT2D eigenvalue weighted by Crippen LogP contribution is -2.32. The first-order chi connectivity index (χ1) is 10.1. The highest BCUT2D eigenvalue weighted by atomic mass is 16.1. The van der Waals surface area contributed by atoms with E-state index in [1.54, 1.807) is 0 Å². The Morgan fingerprint density at radius 3 is 2.43 bits per heavy atom. The van der Waals surface area contributed by atoms with Crippen LogP contribution in [0.4, 0.5) is 0 Å². The molecule has 0 heterocycles. The van der Waals surface area contributed by atoms with Gasteiger partial charge in [0.25, 0.3) is 0 Å². The molecule has 3 nitrogen and oxygen atoms in total. The maximum Gasteiger partial charge on any atom is 0.220 e. The first-order valence-corrected chi connectivity index (χ1v) is 8.11. The second-order valence-corrected chi connectivity index (χ2v) is 6.25. The Labute approximate surface area is 129 Å². The molecule has 2 atom stereocenters. The maximum atomic E-state index is 12.3. The standard InChI is InChI=1S/C18H30N2O/c1-4-8-17(16-9-6-5-7-10-16)20-18(21)12-15(13-19)11-14(2)3/h5-7,9-10,14-15,17H,4,8,11-13,19H2,1-3H3,(H,20,21). The summed E-state index contributed by atoms with van der Waals surface area (Å²) in [5, 5.41) is 3.18. The topological polar surface area (TPSA) is 55.1 Å². The summed E-state index contributed by atoms with van der Waals surface area (Å²) in [6, 6.07) is 10.3. The minimum absolute atomic E-state index is 0.112. The van der Waals surface area contributed by atoms with Crippen molar-refractivity contribution in [2.24, 2.45) is 17.6 Å². The minimum atomic E-state index is 0.112. The molecule has 1 aromatic rings. The van der Waals surface area contributed by atoms with Crippen LogP contribution in [0.3, 0.4) is 0 Å². The summed E-state index contributed by atoms with van der Waals surface area (Å²) in [7, 11) is 0. The molecule has 3 N–H and O–H groups in total. The van der Waals surface area contributed by atoms with Gasteiger partial charge >= 0.3 is 0 Å². The summed E-state index contributed by atoms with van der Waals surface area (Å²) in [4.78, 5) is 12.3. The Morgan fingerprint density at radius 2 is 1.90 bits per heavy atom. The first-order valence-electron chi connectivity index (χ1n) is 8.11. The van der Waals surface area contributed by atoms with Crippen molar-refractivity contribution in [3.05, 3.63) is 35.9 Å². The average Bonchev–Trinajstić information content (AvgIpc) is 2.46. The third-order valence-electron chi connectivity index (χ3n) is 3.73. The molecule has 0 spiro atoms. The molecule has 0 aromatic heterocycles. The van der Waals surface area contributed by atoms with Gasteiger partial charge in [0, 0.05) is 6.42 Å². The third kappa shape index (κ3) is 6.76. The quantitative estimate of drug-likeness (QED) is 0.729. The second-order valence-electron chi connectivity index (χ2n) is 6.25. The number of hydrogen-bond acceptors (Lipinski definition) is 2. The molecule has 0 bridgehead atoms. The number of benzene rings is 1. The molecule has 1 rings (SSSR count). The number of hydrogen-bond donors (Lipinski definition) is 2. The molecule has 0 radical (unpaired) electrons. The SMILES string of the molecule is CCCC(NC(=O)CC(CN)CC(C)C)c1ccccc1. The van der Waals surface area contributed by atoms with Gasteiger partial charge in [-0.05, 0) is 36.8 Å². The van der Waals surface area contributed by atoms with E-state index < -0.39 is 0 Å². The number of carbonyl (C=O) groups excluding carboxylic acids is 1. The lowest BCUT2D eigenvalue weighted by Gasteiger charge is -2.21. The molecule has 0 aliphatic heterocycles. The van der Waals surface area contributed by atoms with Gasteiger partial charge in [-0.15, -0.1) is 0 Å². The molecule has 118 valence electrons. The van der Waals surface area contributed by atoms with Crippen LogP contribution in [0.25, 0.3) is 0 Å². The van der Waals surface area contributed by atoms with E-state index in [4.69, 9.17) is 5.73 Å². The highest BCUT2D eigenvalue weighted by Crippen LogP contribution is 2.20. The van der Waals surface area contributed by atoms with Crippen molar-refractivity contribution in [1.82, 2.24) is 5.32 Å². The van der Waals surface area contributed by atoms with Crippen LogP contribution < -0.4 is 11.1 Å². The van der Waals surface area contributed by atoms with Gasteiger partial charge in [0.05, 0.1) is 6.04 Å². The minimum Gasteiger partial charge on any atom is -0.349 e.